The summed E-state index contributed by atoms with van der Waals surface area (Å²) in [6.07, 6.45) is 1.07. The van der Waals surface area contributed by atoms with Crippen LogP contribution >= 0.6 is 11.6 Å². The van der Waals surface area contributed by atoms with Crippen molar-refractivity contribution in [1.82, 2.24) is 4.98 Å². The van der Waals surface area contributed by atoms with Crippen molar-refractivity contribution in [2.75, 3.05) is 5.32 Å². The summed E-state index contributed by atoms with van der Waals surface area (Å²) in [5.41, 5.74) is 3.63. The van der Waals surface area contributed by atoms with Gasteiger partial charge in [-0.3, -0.25) is 4.79 Å². The lowest BCUT2D eigenvalue weighted by atomic mass is 9.95. The highest BCUT2D eigenvalue weighted by Crippen LogP contribution is 2.32. The van der Waals surface area contributed by atoms with E-state index < -0.39 is 5.41 Å². The van der Waals surface area contributed by atoms with E-state index in [1.165, 1.54) is 5.56 Å². The maximum atomic E-state index is 12.3. The molecule has 0 aliphatic heterocycles. The summed E-state index contributed by atoms with van der Waals surface area (Å²) in [6, 6.07) is 11.5. The van der Waals surface area contributed by atoms with Gasteiger partial charge in [-0.05, 0) is 48.2 Å². The second-order valence-electron chi connectivity index (χ2n) is 7.95. The molecule has 142 valence electrons. The maximum Gasteiger partial charge on any atom is 0.229 e. The number of hydrogen-bond acceptors (Lipinski definition) is 3. The van der Waals surface area contributed by atoms with E-state index in [0.29, 0.717) is 22.5 Å². The Hall–Kier alpha value is -2.33. The first-order valence-corrected chi connectivity index (χ1v) is 9.58. The number of carbonyl (C=O) groups is 1. The van der Waals surface area contributed by atoms with Crippen molar-refractivity contribution in [3.05, 3.63) is 47.0 Å². The molecule has 1 atom stereocenters. The van der Waals surface area contributed by atoms with Crippen LogP contribution in [0.4, 0.5) is 5.69 Å². The lowest BCUT2D eigenvalue weighted by molar-refractivity contribution is -0.123. The van der Waals surface area contributed by atoms with E-state index >= 15 is 0 Å². The number of benzene rings is 2. The van der Waals surface area contributed by atoms with Crippen molar-refractivity contribution < 1.29 is 9.21 Å². The van der Waals surface area contributed by atoms with Crippen molar-refractivity contribution >= 4 is 34.3 Å². The molecule has 0 aliphatic rings. The highest BCUT2D eigenvalue weighted by Gasteiger charge is 2.22. The van der Waals surface area contributed by atoms with Gasteiger partial charge in [0.2, 0.25) is 11.8 Å². The van der Waals surface area contributed by atoms with Crippen LogP contribution in [-0.4, -0.2) is 10.9 Å². The van der Waals surface area contributed by atoms with Gasteiger partial charge in [-0.1, -0.05) is 52.3 Å². The van der Waals surface area contributed by atoms with Crippen molar-refractivity contribution in [1.29, 1.82) is 0 Å². The van der Waals surface area contributed by atoms with Crippen molar-refractivity contribution in [2.24, 2.45) is 5.41 Å². The third-order valence-corrected chi connectivity index (χ3v) is 5.07. The second-order valence-corrected chi connectivity index (χ2v) is 8.36. The minimum absolute atomic E-state index is 0.0997. The van der Waals surface area contributed by atoms with Crippen LogP contribution in [-0.2, 0) is 4.79 Å². The van der Waals surface area contributed by atoms with E-state index in [2.05, 4.69) is 36.3 Å². The molecule has 1 amide bonds. The van der Waals surface area contributed by atoms with Crippen molar-refractivity contribution in [3.8, 4) is 11.5 Å². The summed E-state index contributed by atoms with van der Waals surface area (Å²) in [7, 11) is 0. The number of nitrogens with one attached hydrogen (secondary N) is 1. The standard InChI is InChI=1S/C22H25ClN2O2/c1-6-13(2)14-8-10-19-18(11-14)24-20(27-19)15-7-9-16(23)17(12-15)25-21(26)22(3,4)5/h7-13H,6H2,1-5H3,(H,25,26). The maximum absolute atomic E-state index is 12.3. The first-order valence-electron chi connectivity index (χ1n) is 9.21. The number of amides is 1. The normalized spacial score (nSPS) is 13.0. The summed E-state index contributed by atoms with van der Waals surface area (Å²) in [5.74, 6) is 0.885. The number of hydrogen-bond donors (Lipinski definition) is 1. The number of halogens is 1. The molecule has 1 aromatic heterocycles. The second kappa shape index (κ2) is 7.35. The predicted octanol–water partition coefficient (Wildman–Crippen LogP) is 6.65. The van der Waals surface area contributed by atoms with Gasteiger partial charge in [-0.25, -0.2) is 4.98 Å². The van der Waals surface area contributed by atoms with Gasteiger partial charge < -0.3 is 9.73 Å². The van der Waals surface area contributed by atoms with Crippen LogP contribution in [0.1, 0.15) is 52.5 Å². The zero-order valence-corrected chi connectivity index (χ0v) is 17.1. The van der Waals surface area contributed by atoms with Gasteiger partial charge in [0.25, 0.3) is 0 Å². The van der Waals surface area contributed by atoms with E-state index in [-0.39, 0.29) is 5.91 Å². The van der Waals surface area contributed by atoms with Crippen LogP contribution in [0.2, 0.25) is 5.02 Å². The molecule has 0 aliphatic carbocycles. The van der Waals surface area contributed by atoms with Crippen molar-refractivity contribution in [3.63, 3.8) is 0 Å². The molecule has 5 heteroatoms. The summed E-state index contributed by atoms with van der Waals surface area (Å²) in [4.78, 5) is 16.9. The molecule has 27 heavy (non-hydrogen) atoms. The van der Waals surface area contributed by atoms with E-state index in [1.807, 2.05) is 32.9 Å². The van der Waals surface area contributed by atoms with E-state index in [9.17, 15) is 4.79 Å². The summed E-state index contributed by atoms with van der Waals surface area (Å²) < 4.78 is 5.92. The van der Waals surface area contributed by atoms with E-state index in [0.717, 1.165) is 23.1 Å². The molecule has 0 bridgehead atoms. The molecule has 2 aromatic carbocycles. The Kier molecular flexibility index (Phi) is 5.29. The lowest BCUT2D eigenvalue weighted by Gasteiger charge is -2.18. The van der Waals surface area contributed by atoms with E-state index in [4.69, 9.17) is 16.0 Å². The Labute approximate surface area is 164 Å². The first-order chi connectivity index (χ1) is 12.7. The summed E-state index contributed by atoms with van der Waals surface area (Å²) in [6.45, 7) is 9.94. The molecule has 4 nitrogen and oxygen atoms in total. The molecule has 1 heterocycles. The third-order valence-electron chi connectivity index (χ3n) is 4.74. The fourth-order valence-electron chi connectivity index (χ4n) is 2.67. The van der Waals surface area contributed by atoms with Crippen LogP contribution in [0.5, 0.6) is 0 Å². The Morgan fingerprint density at radius 2 is 1.96 bits per heavy atom. The zero-order chi connectivity index (χ0) is 19.8. The van der Waals surface area contributed by atoms with Gasteiger partial charge in [0, 0.05) is 11.0 Å². The fourth-order valence-corrected chi connectivity index (χ4v) is 2.84. The molecule has 3 rings (SSSR count). The molecule has 0 fully saturated rings. The summed E-state index contributed by atoms with van der Waals surface area (Å²) >= 11 is 6.26. The molecule has 0 radical (unpaired) electrons. The van der Waals surface area contributed by atoms with Crippen LogP contribution in [0.15, 0.2) is 40.8 Å². The number of aromatic nitrogens is 1. The van der Waals surface area contributed by atoms with Gasteiger partial charge in [0.1, 0.15) is 5.52 Å². The fraction of sp³-hybridized carbons (Fsp3) is 0.364. The van der Waals surface area contributed by atoms with Crippen LogP contribution in [0.3, 0.4) is 0 Å². The summed E-state index contributed by atoms with van der Waals surface area (Å²) in [5, 5.41) is 3.36. The van der Waals surface area contributed by atoms with Gasteiger partial charge in [0.15, 0.2) is 5.58 Å². The third kappa shape index (κ3) is 4.16. The number of rotatable bonds is 4. The monoisotopic (exact) mass is 384 g/mol. The Morgan fingerprint density at radius 3 is 2.63 bits per heavy atom. The van der Waals surface area contributed by atoms with Gasteiger partial charge >= 0.3 is 0 Å². The van der Waals surface area contributed by atoms with Gasteiger partial charge in [-0.15, -0.1) is 0 Å². The van der Waals surface area contributed by atoms with Crippen molar-refractivity contribution in [2.45, 2.75) is 47.0 Å². The molecule has 0 saturated heterocycles. The average Bonchev–Trinajstić information content (AvgIpc) is 3.05. The largest absolute Gasteiger partial charge is 0.436 e. The van der Waals surface area contributed by atoms with E-state index in [1.54, 1.807) is 12.1 Å². The molecule has 0 spiro atoms. The minimum Gasteiger partial charge on any atom is -0.436 e. The molecular weight excluding hydrogens is 360 g/mol. The molecular formula is C22H25ClN2O2. The number of oxazole rings is 1. The molecule has 1 N–H and O–H groups in total. The average molecular weight is 385 g/mol. The van der Waals surface area contributed by atoms with Gasteiger partial charge in [0.05, 0.1) is 10.7 Å². The highest BCUT2D eigenvalue weighted by molar-refractivity contribution is 6.33. The number of anilines is 1. The number of nitrogens with zero attached hydrogens (tertiary/aromatic N) is 1. The smallest absolute Gasteiger partial charge is 0.229 e. The molecule has 0 saturated carbocycles. The Bertz CT molecular complexity index is 986. The highest BCUT2D eigenvalue weighted by atomic mass is 35.5. The predicted molar refractivity (Wildman–Crippen MR) is 111 cm³/mol. The minimum atomic E-state index is -0.511. The quantitative estimate of drug-likeness (QED) is 0.548. The Morgan fingerprint density at radius 1 is 1.22 bits per heavy atom. The zero-order valence-electron chi connectivity index (χ0n) is 16.4. The Balaban J connectivity index is 1.96. The number of carbonyl (C=O) groups excluding carboxylic acids is 1. The molecule has 3 aromatic rings. The van der Waals surface area contributed by atoms with Crippen LogP contribution in [0, 0.1) is 5.41 Å². The van der Waals surface area contributed by atoms with Gasteiger partial charge in [-0.2, -0.15) is 0 Å². The lowest BCUT2D eigenvalue weighted by Crippen LogP contribution is -2.27. The van der Waals surface area contributed by atoms with Crippen LogP contribution in [0.25, 0.3) is 22.6 Å². The SMILES string of the molecule is CCC(C)c1ccc2oc(-c3ccc(Cl)c(NC(=O)C(C)(C)C)c3)nc2c1. The number of fused-ring (bicyclic) bond motifs is 1. The first kappa shape index (κ1) is 19.4. The topological polar surface area (TPSA) is 55.1 Å². The molecule has 1 unspecified atom stereocenters. The van der Waals surface area contributed by atoms with Crippen LogP contribution < -0.4 is 5.32 Å².